The van der Waals surface area contributed by atoms with Gasteiger partial charge >= 0.3 is 6.03 Å². The zero-order valence-electron chi connectivity index (χ0n) is 29.3. The SMILES string of the molecule is NC(=O)NCCC[C@@H]1N=C(N)[C@H](Cc2ccc(O)cc2)NC(=O)CNC(=O)[C@H](Cc2ccc3ccccc3c2)NC(=O)[C@H](CCCN=C(N)N)N=C1N. The van der Waals surface area contributed by atoms with Crippen molar-refractivity contribution >= 4 is 52.2 Å². The van der Waals surface area contributed by atoms with Crippen LogP contribution in [0.15, 0.2) is 81.7 Å². The van der Waals surface area contributed by atoms with E-state index in [1.54, 1.807) is 12.1 Å². The molecule has 0 fully saturated rings. The van der Waals surface area contributed by atoms with Crippen molar-refractivity contribution in [1.29, 1.82) is 0 Å². The van der Waals surface area contributed by atoms with Crippen LogP contribution in [0.1, 0.15) is 36.8 Å². The van der Waals surface area contributed by atoms with E-state index in [9.17, 15) is 24.3 Å². The number of urea groups is 1. The average Bonchev–Trinajstić information content (AvgIpc) is 3.12. The molecule has 0 saturated carbocycles. The Morgan fingerprint density at radius 2 is 1.45 bits per heavy atom. The summed E-state index contributed by atoms with van der Waals surface area (Å²) in [5, 5.41) is 22.6. The maximum Gasteiger partial charge on any atom is 0.312 e. The highest BCUT2D eigenvalue weighted by Gasteiger charge is 2.29. The molecule has 0 spiro atoms. The lowest BCUT2D eigenvalue weighted by Gasteiger charge is -2.22. The van der Waals surface area contributed by atoms with Gasteiger partial charge in [0.25, 0.3) is 0 Å². The first-order valence-electron chi connectivity index (χ1n) is 17.3. The van der Waals surface area contributed by atoms with Crippen molar-refractivity contribution in [3.8, 4) is 5.75 Å². The summed E-state index contributed by atoms with van der Waals surface area (Å²) in [6, 6.07) is 15.2. The van der Waals surface area contributed by atoms with E-state index in [2.05, 4.69) is 36.2 Å². The Hall–Kier alpha value is -6.39. The summed E-state index contributed by atoms with van der Waals surface area (Å²) in [6.07, 6.45) is 1.40. The maximum absolute atomic E-state index is 14.0. The lowest BCUT2D eigenvalue weighted by Crippen LogP contribution is -2.53. The Bertz CT molecular complexity index is 1840. The number of nitrogens with two attached hydrogens (primary N) is 5. The fourth-order valence-corrected chi connectivity index (χ4v) is 5.78. The Balaban J connectivity index is 1.73. The zero-order valence-corrected chi connectivity index (χ0v) is 29.3. The minimum absolute atomic E-state index is 0.00146. The van der Waals surface area contributed by atoms with E-state index in [4.69, 9.17) is 28.7 Å². The highest BCUT2D eigenvalue weighted by atomic mass is 16.3. The molecule has 0 bridgehead atoms. The summed E-state index contributed by atoms with van der Waals surface area (Å²) in [5.41, 5.74) is 30.9. The van der Waals surface area contributed by atoms with Gasteiger partial charge in [-0.15, -0.1) is 0 Å². The largest absolute Gasteiger partial charge is 0.508 e. The number of amidine groups is 2. The predicted octanol–water partition coefficient (Wildman–Crippen LogP) is -0.616. The number of hydrogen-bond donors (Lipinski definition) is 10. The van der Waals surface area contributed by atoms with Crippen molar-refractivity contribution in [3.63, 3.8) is 0 Å². The number of nitrogens with one attached hydrogen (secondary N) is 4. The normalized spacial score (nSPS) is 20.0. The number of aromatic hydroxyl groups is 1. The monoisotopic (exact) mass is 728 g/mol. The molecule has 4 rings (SSSR count). The van der Waals surface area contributed by atoms with E-state index in [0.717, 1.165) is 21.9 Å². The number of fused-ring (bicyclic) bond motifs is 1. The standard InChI is InChI=1S/C36H48N12O5/c37-31-26(7-3-16-43-36(41)53)46-32(38)28(18-21-10-13-25(49)14-11-21)45-30(50)20-44-33(51)29(19-22-9-12-23-5-1-2-6-24(23)17-22)48-34(52)27(47-31)8-4-15-42-35(39)40/h1-2,5-6,9-14,17,26-29,49H,3-4,7-8,15-16,18-20H2,(H2,37,47)(H2,38,46)(H,44,51)(H,45,50)(H,48,52)(H4,39,40,42)(H3,41,43,53)/t26-,27-,28-,29-/m0/s1. The first-order chi connectivity index (χ1) is 25.4. The van der Waals surface area contributed by atoms with Crippen molar-refractivity contribution in [2.45, 2.75) is 62.7 Å². The van der Waals surface area contributed by atoms with Gasteiger partial charge in [0.15, 0.2) is 5.96 Å². The van der Waals surface area contributed by atoms with E-state index in [-0.39, 0.29) is 62.2 Å². The van der Waals surface area contributed by atoms with Crippen molar-refractivity contribution in [2.24, 2.45) is 43.6 Å². The van der Waals surface area contributed by atoms with Crippen molar-refractivity contribution in [3.05, 3.63) is 77.9 Å². The number of guanidine groups is 1. The molecule has 1 heterocycles. The van der Waals surface area contributed by atoms with Crippen LogP contribution in [0.4, 0.5) is 4.79 Å². The van der Waals surface area contributed by atoms with Gasteiger partial charge < -0.3 is 55.0 Å². The van der Waals surface area contributed by atoms with Gasteiger partial charge in [0.2, 0.25) is 17.7 Å². The van der Waals surface area contributed by atoms with Gasteiger partial charge in [0, 0.05) is 19.5 Å². The number of phenols is 1. The molecule has 282 valence electrons. The van der Waals surface area contributed by atoms with Crippen molar-refractivity contribution in [1.82, 2.24) is 21.3 Å². The van der Waals surface area contributed by atoms with E-state index in [1.165, 1.54) is 12.1 Å². The molecule has 0 unspecified atom stereocenters. The van der Waals surface area contributed by atoms with E-state index >= 15 is 0 Å². The van der Waals surface area contributed by atoms with Crippen LogP contribution in [0.2, 0.25) is 0 Å². The van der Waals surface area contributed by atoms with Crippen LogP contribution in [-0.4, -0.2) is 90.3 Å². The molecular weight excluding hydrogens is 680 g/mol. The maximum atomic E-state index is 14.0. The summed E-state index contributed by atoms with van der Waals surface area (Å²) in [6.45, 7) is -0.0114. The fraction of sp³-hybridized carbons (Fsp3) is 0.361. The molecule has 17 nitrogen and oxygen atoms in total. The van der Waals surface area contributed by atoms with Gasteiger partial charge in [0.05, 0.1) is 12.6 Å². The number of carbonyl (C=O) groups is 4. The Kier molecular flexibility index (Phi) is 14.3. The number of carbonyl (C=O) groups excluding carboxylic acids is 4. The number of hydrogen-bond acceptors (Lipinski definition) is 10. The van der Waals surface area contributed by atoms with Crippen LogP contribution in [0.3, 0.4) is 0 Å². The molecule has 0 saturated heterocycles. The molecule has 15 N–H and O–H groups in total. The molecule has 0 aromatic heterocycles. The number of amides is 5. The van der Waals surface area contributed by atoms with Crippen LogP contribution >= 0.6 is 0 Å². The third-order valence-electron chi connectivity index (χ3n) is 8.52. The van der Waals surface area contributed by atoms with Gasteiger partial charge in [-0.25, -0.2) is 4.79 Å². The van der Waals surface area contributed by atoms with Gasteiger partial charge in [-0.05, 0) is 66.1 Å². The third-order valence-corrected chi connectivity index (χ3v) is 8.52. The lowest BCUT2D eigenvalue weighted by atomic mass is 10.0. The van der Waals surface area contributed by atoms with Crippen LogP contribution in [-0.2, 0) is 27.2 Å². The Morgan fingerprint density at radius 3 is 2.17 bits per heavy atom. The molecule has 17 heteroatoms. The van der Waals surface area contributed by atoms with Crippen LogP contribution in [0, 0.1) is 0 Å². The molecule has 3 aromatic carbocycles. The van der Waals surface area contributed by atoms with E-state index < -0.39 is 54.5 Å². The number of nitrogens with zero attached hydrogens (tertiary/aromatic N) is 3. The van der Waals surface area contributed by atoms with Crippen LogP contribution < -0.4 is 49.9 Å². The number of phenolic OH excluding ortho intramolecular Hbond substituents is 1. The molecular formula is C36H48N12O5. The number of rotatable bonds is 12. The molecule has 3 aromatic rings. The number of benzene rings is 3. The minimum atomic E-state index is -1.09. The van der Waals surface area contributed by atoms with E-state index in [0.29, 0.717) is 12.8 Å². The Morgan fingerprint density at radius 1 is 0.792 bits per heavy atom. The molecule has 53 heavy (non-hydrogen) atoms. The summed E-state index contributed by atoms with van der Waals surface area (Å²) in [7, 11) is 0. The molecule has 0 radical (unpaired) electrons. The number of aliphatic imine (C=N–C) groups is 3. The molecule has 1 aliphatic rings. The Labute approximate surface area is 306 Å². The average molecular weight is 729 g/mol. The highest BCUT2D eigenvalue weighted by molar-refractivity contribution is 5.97. The number of primary amides is 1. The third kappa shape index (κ3) is 12.7. The lowest BCUT2D eigenvalue weighted by molar-refractivity contribution is -0.130. The second-order valence-corrected chi connectivity index (χ2v) is 12.7. The smallest absolute Gasteiger partial charge is 0.312 e. The molecule has 4 atom stereocenters. The molecule has 5 amide bonds. The second kappa shape index (κ2) is 19.3. The predicted molar refractivity (Wildman–Crippen MR) is 204 cm³/mol. The fourth-order valence-electron chi connectivity index (χ4n) is 5.78. The van der Waals surface area contributed by atoms with Gasteiger partial charge in [-0.2, -0.15) is 0 Å². The van der Waals surface area contributed by atoms with Crippen LogP contribution in [0.25, 0.3) is 10.8 Å². The van der Waals surface area contributed by atoms with E-state index in [1.807, 2.05) is 42.5 Å². The van der Waals surface area contributed by atoms with Gasteiger partial charge in [-0.1, -0.05) is 54.6 Å². The highest BCUT2D eigenvalue weighted by Crippen LogP contribution is 2.18. The van der Waals surface area contributed by atoms with Gasteiger partial charge in [0.1, 0.15) is 35.5 Å². The van der Waals surface area contributed by atoms with Crippen molar-refractivity contribution in [2.75, 3.05) is 19.6 Å². The van der Waals surface area contributed by atoms with Crippen molar-refractivity contribution < 1.29 is 24.3 Å². The summed E-state index contributed by atoms with van der Waals surface area (Å²) in [4.78, 5) is 65.6. The minimum Gasteiger partial charge on any atom is -0.508 e. The molecule has 0 aliphatic carbocycles. The summed E-state index contributed by atoms with van der Waals surface area (Å²) < 4.78 is 0. The summed E-state index contributed by atoms with van der Waals surface area (Å²) in [5.74, 6) is -1.82. The first-order valence-corrected chi connectivity index (χ1v) is 17.3. The van der Waals surface area contributed by atoms with Gasteiger partial charge in [-0.3, -0.25) is 29.4 Å². The zero-order chi connectivity index (χ0) is 38.3. The quantitative estimate of drug-likeness (QED) is 0.0645. The summed E-state index contributed by atoms with van der Waals surface area (Å²) >= 11 is 0. The topological polar surface area (TPSA) is 304 Å². The molecule has 1 aliphatic heterocycles. The van der Waals surface area contributed by atoms with Crippen LogP contribution in [0.5, 0.6) is 5.75 Å². The second-order valence-electron chi connectivity index (χ2n) is 12.7. The first kappa shape index (κ1) is 39.4.